The van der Waals surface area contributed by atoms with Gasteiger partial charge in [0.05, 0.1) is 6.61 Å². The van der Waals surface area contributed by atoms with Crippen LogP contribution < -0.4 is 5.32 Å². The molecule has 2 aliphatic heterocycles. The number of piperidine rings is 1. The number of nitrogens with one attached hydrogen (secondary N) is 1. The van der Waals surface area contributed by atoms with Crippen molar-refractivity contribution in [2.24, 2.45) is 5.41 Å². The standard InChI is InChI=1S/C22H30ClN5O2/c1-3-16(2)24-21(29)20-26-25-19-13-30-15-22(14-28(19)20)7-9-27(10-8-22)12-17-5-4-6-18(23)11-17/h4-6,11,16H,3,7-10,12-15H2,1-2H3,(H,24,29)/t16-/m0/s1. The molecule has 1 N–H and O–H groups in total. The Morgan fingerprint density at radius 3 is 2.87 bits per heavy atom. The molecule has 1 aromatic heterocycles. The van der Waals surface area contributed by atoms with Crippen LogP contribution in [0.25, 0.3) is 0 Å². The van der Waals surface area contributed by atoms with E-state index in [1.807, 2.05) is 29.7 Å². The Labute approximate surface area is 182 Å². The number of carbonyl (C=O) groups excluding carboxylic acids is 1. The summed E-state index contributed by atoms with van der Waals surface area (Å²) in [5, 5.41) is 12.2. The second-order valence-corrected chi connectivity index (χ2v) is 9.14. The number of aromatic nitrogens is 3. The highest BCUT2D eigenvalue weighted by molar-refractivity contribution is 6.30. The van der Waals surface area contributed by atoms with Gasteiger partial charge in [-0.2, -0.15) is 0 Å². The van der Waals surface area contributed by atoms with Gasteiger partial charge in [0.25, 0.3) is 5.91 Å². The lowest BCUT2D eigenvalue weighted by Crippen LogP contribution is -2.44. The molecule has 1 spiro atoms. The third kappa shape index (κ3) is 4.68. The number of nitrogens with zero attached hydrogens (tertiary/aromatic N) is 4. The van der Waals surface area contributed by atoms with Gasteiger partial charge in [-0.05, 0) is 57.0 Å². The van der Waals surface area contributed by atoms with Crippen molar-refractivity contribution in [3.8, 4) is 0 Å². The van der Waals surface area contributed by atoms with Gasteiger partial charge in [-0.3, -0.25) is 9.69 Å². The molecule has 2 aromatic rings. The van der Waals surface area contributed by atoms with Crippen molar-refractivity contribution in [3.05, 3.63) is 46.5 Å². The van der Waals surface area contributed by atoms with E-state index in [1.165, 1.54) is 5.56 Å². The largest absolute Gasteiger partial charge is 0.373 e. The number of likely N-dealkylation sites (tertiary alicyclic amines) is 1. The van der Waals surface area contributed by atoms with E-state index in [2.05, 4.69) is 33.4 Å². The summed E-state index contributed by atoms with van der Waals surface area (Å²) >= 11 is 6.13. The summed E-state index contributed by atoms with van der Waals surface area (Å²) in [6, 6.07) is 8.17. The van der Waals surface area contributed by atoms with Crippen molar-refractivity contribution in [3.63, 3.8) is 0 Å². The lowest BCUT2D eigenvalue weighted by Gasteiger charge is -2.41. The SMILES string of the molecule is CC[C@H](C)NC(=O)c1nnc2n1CC1(CCN(Cc3cccc(Cl)c3)CC1)COC2. The Bertz CT molecular complexity index is 891. The number of hydrogen-bond donors (Lipinski definition) is 1. The summed E-state index contributed by atoms with van der Waals surface area (Å²) in [6.07, 6.45) is 2.90. The molecule has 7 nitrogen and oxygen atoms in total. The molecule has 3 heterocycles. The van der Waals surface area contributed by atoms with Crippen LogP contribution in [0.1, 0.15) is 55.1 Å². The molecule has 4 rings (SSSR count). The number of hydrogen-bond acceptors (Lipinski definition) is 5. The van der Waals surface area contributed by atoms with Crippen LogP contribution >= 0.6 is 11.6 Å². The van der Waals surface area contributed by atoms with Gasteiger partial charge in [-0.25, -0.2) is 0 Å². The van der Waals surface area contributed by atoms with E-state index in [1.54, 1.807) is 0 Å². The van der Waals surface area contributed by atoms with Crippen molar-refractivity contribution in [2.75, 3.05) is 19.7 Å². The third-order valence-corrected chi connectivity index (χ3v) is 6.60. The van der Waals surface area contributed by atoms with Gasteiger partial charge >= 0.3 is 0 Å². The quantitative estimate of drug-likeness (QED) is 0.786. The Hall–Kier alpha value is -1.96. The third-order valence-electron chi connectivity index (χ3n) is 6.37. The molecule has 0 aliphatic carbocycles. The highest BCUT2D eigenvalue weighted by Gasteiger charge is 2.39. The minimum atomic E-state index is -0.154. The maximum absolute atomic E-state index is 12.7. The van der Waals surface area contributed by atoms with Gasteiger partial charge in [0.15, 0.2) is 5.82 Å². The van der Waals surface area contributed by atoms with Gasteiger partial charge in [-0.15, -0.1) is 10.2 Å². The maximum Gasteiger partial charge on any atom is 0.289 e. The summed E-state index contributed by atoms with van der Waals surface area (Å²) in [5.74, 6) is 0.984. The fraction of sp³-hybridized carbons (Fsp3) is 0.591. The number of carbonyl (C=O) groups is 1. The predicted molar refractivity (Wildman–Crippen MR) is 115 cm³/mol. The minimum Gasteiger partial charge on any atom is -0.373 e. The number of benzene rings is 1. The molecule has 0 unspecified atom stereocenters. The monoisotopic (exact) mass is 431 g/mol. The Kier molecular flexibility index (Phi) is 6.41. The van der Waals surface area contributed by atoms with E-state index in [9.17, 15) is 4.79 Å². The second-order valence-electron chi connectivity index (χ2n) is 8.71. The Morgan fingerprint density at radius 2 is 2.13 bits per heavy atom. The van der Waals surface area contributed by atoms with Crippen LogP contribution in [0.15, 0.2) is 24.3 Å². The highest BCUT2D eigenvalue weighted by atomic mass is 35.5. The summed E-state index contributed by atoms with van der Waals surface area (Å²) in [7, 11) is 0. The van der Waals surface area contributed by atoms with Gasteiger partial charge in [0.1, 0.15) is 6.61 Å². The molecule has 0 saturated carbocycles. The Balaban J connectivity index is 1.44. The van der Waals surface area contributed by atoms with E-state index < -0.39 is 0 Å². The molecule has 162 valence electrons. The first kappa shape index (κ1) is 21.3. The normalized spacial score (nSPS) is 19.8. The first-order chi connectivity index (χ1) is 14.5. The van der Waals surface area contributed by atoms with Gasteiger partial charge in [-0.1, -0.05) is 30.7 Å². The van der Waals surface area contributed by atoms with Gasteiger partial charge in [0, 0.05) is 29.6 Å². The fourth-order valence-corrected chi connectivity index (χ4v) is 4.50. The molecule has 8 heteroatoms. The zero-order valence-electron chi connectivity index (χ0n) is 17.7. The second kappa shape index (κ2) is 9.04. The summed E-state index contributed by atoms with van der Waals surface area (Å²) in [5.41, 5.74) is 1.24. The van der Waals surface area contributed by atoms with E-state index in [0.29, 0.717) is 19.0 Å². The van der Waals surface area contributed by atoms with Crippen LogP contribution in [0.2, 0.25) is 5.02 Å². The van der Waals surface area contributed by atoms with Crippen LogP contribution in [0.5, 0.6) is 0 Å². The number of rotatable bonds is 5. The summed E-state index contributed by atoms with van der Waals surface area (Å²) < 4.78 is 7.97. The van der Waals surface area contributed by atoms with Crippen LogP contribution in [0, 0.1) is 5.41 Å². The molecule has 1 aromatic carbocycles. The average Bonchev–Trinajstić information content (AvgIpc) is 3.03. The Morgan fingerprint density at radius 1 is 1.33 bits per heavy atom. The average molecular weight is 432 g/mol. The molecule has 1 fully saturated rings. The van der Waals surface area contributed by atoms with Crippen LogP contribution in [0.4, 0.5) is 0 Å². The molecular weight excluding hydrogens is 402 g/mol. The molecule has 1 atom stereocenters. The van der Waals surface area contributed by atoms with Crippen molar-refractivity contribution >= 4 is 17.5 Å². The smallest absolute Gasteiger partial charge is 0.289 e. The van der Waals surface area contributed by atoms with E-state index in [0.717, 1.165) is 56.3 Å². The molecule has 1 saturated heterocycles. The number of fused-ring (bicyclic) bond motifs is 1. The van der Waals surface area contributed by atoms with Crippen molar-refractivity contribution in [2.45, 2.75) is 58.8 Å². The fourth-order valence-electron chi connectivity index (χ4n) is 4.29. The zero-order valence-corrected chi connectivity index (χ0v) is 18.5. The topological polar surface area (TPSA) is 72.3 Å². The lowest BCUT2D eigenvalue weighted by molar-refractivity contribution is -0.00570. The molecular formula is C22H30ClN5O2. The van der Waals surface area contributed by atoms with Crippen molar-refractivity contribution < 1.29 is 9.53 Å². The number of halogens is 1. The van der Waals surface area contributed by atoms with E-state index in [4.69, 9.17) is 16.3 Å². The summed E-state index contributed by atoms with van der Waals surface area (Å²) in [6.45, 7) is 8.74. The van der Waals surface area contributed by atoms with E-state index in [-0.39, 0.29) is 17.4 Å². The van der Waals surface area contributed by atoms with E-state index >= 15 is 0 Å². The van der Waals surface area contributed by atoms with Crippen LogP contribution in [-0.2, 0) is 24.4 Å². The van der Waals surface area contributed by atoms with Crippen molar-refractivity contribution in [1.29, 1.82) is 0 Å². The summed E-state index contributed by atoms with van der Waals surface area (Å²) in [4.78, 5) is 15.2. The first-order valence-electron chi connectivity index (χ1n) is 10.8. The molecule has 0 bridgehead atoms. The molecule has 1 amide bonds. The first-order valence-corrected chi connectivity index (χ1v) is 11.1. The predicted octanol–water partition coefficient (Wildman–Crippen LogP) is 3.27. The van der Waals surface area contributed by atoms with Crippen LogP contribution in [-0.4, -0.2) is 51.3 Å². The van der Waals surface area contributed by atoms with Crippen molar-refractivity contribution in [1.82, 2.24) is 25.0 Å². The van der Waals surface area contributed by atoms with Gasteiger partial charge < -0.3 is 14.6 Å². The molecule has 30 heavy (non-hydrogen) atoms. The lowest BCUT2D eigenvalue weighted by atomic mass is 9.78. The van der Waals surface area contributed by atoms with Gasteiger partial charge in [0.2, 0.25) is 5.82 Å². The highest BCUT2D eigenvalue weighted by Crippen LogP contribution is 2.37. The molecule has 0 radical (unpaired) electrons. The zero-order chi connectivity index (χ0) is 21.1. The van der Waals surface area contributed by atoms with Crippen LogP contribution in [0.3, 0.4) is 0 Å². The minimum absolute atomic E-state index is 0.00383. The number of amides is 1. The maximum atomic E-state index is 12.7. The number of ether oxygens (including phenoxy) is 1. The molecule has 2 aliphatic rings.